The Kier molecular flexibility index (Phi) is 5.72. The minimum atomic E-state index is 0.121. The lowest BCUT2D eigenvalue weighted by Gasteiger charge is -2.32. The third kappa shape index (κ3) is 4.29. The molecule has 5 rings (SSSR count). The van der Waals surface area contributed by atoms with Crippen molar-refractivity contribution in [1.29, 1.82) is 0 Å². The number of carbonyl (C=O) groups excluding carboxylic acids is 1. The van der Waals surface area contributed by atoms with Gasteiger partial charge >= 0.3 is 0 Å². The molecule has 0 atom stereocenters. The van der Waals surface area contributed by atoms with E-state index in [2.05, 4.69) is 55.5 Å². The quantitative estimate of drug-likeness (QED) is 0.388. The number of benzene rings is 3. The molecule has 3 aromatic carbocycles. The smallest absolute Gasteiger partial charge is 0.254 e. The summed E-state index contributed by atoms with van der Waals surface area (Å²) in [6.45, 7) is 3.70. The Hall–Kier alpha value is -3.46. The largest absolute Gasteiger partial charge is 0.339 e. The van der Waals surface area contributed by atoms with Crippen LogP contribution in [0.5, 0.6) is 0 Å². The van der Waals surface area contributed by atoms with Crippen molar-refractivity contribution in [3.05, 3.63) is 102 Å². The molecule has 0 spiro atoms. The fourth-order valence-electron chi connectivity index (χ4n) is 4.76. The first kappa shape index (κ1) is 20.4. The summed E-state index contributed by atoms with van der Waals surface area (Å²) in [5.41, 5.74) is 6.11. The van der Waals surface area contributed by atoms with E-state index in [9.17, 15) is 4.79 Å². The summed E-state index contributed by atoms with van der Waals surface area (Å²) in [5.74, 6) is 0.758. The van der Waals surface area contributed by atoms with Crippen LogP contribution in [0.4, 0.5) is 0 Å². The molecule has 2 heterocycles. The summed E-state index contributed by atoms with van der Waals surface area (Å²) in [7, 11) is 0. The Labute approximate surface area is 189 Å². The molecule has 0 unspecified atom stereocenters. The molecule has 32 heavy (non-hydrogen) atoms. The second kappa shape index (κ2) is 8.96. The highest BCUT2D eigenvalue weighted by Crippen LogP contribution is 2.28. The normalized spacial score (nSPS) is 14.6. The SMILES string of the molecule is Cc1cccc(-c2cc(C(=O)N3CCC(Cc4ccccc4)CC3)c3ccccc3n2)c1. The Morgan fingerprint density at radius 2 is 1.66 bits per heavy atom. The van der Waals surface area contributed by atoms with Gasteiger partial charge in [0, 0.05) is 24.0 Å². The van der Waals surface area contributed by atoms with Crippen LogP contribution in [0.25, 0.3) is 22.2 Å². The number of likely N-dealkylation sites (tertiary alicyclic amines) is 1. The van der Waals surface area contributed by atoms with Crippen LogP contribution in [0.1, 0.15) is 34.3 Å². The van der Waals surface area contributed by atoms with Gasteiger partial charge in [-0.05, 0) is 55.9 Å². The molecule has 1 amide bonds. The number of rotatable bonds is 4. The van der Waals surface area contributed by atoms with Gasteiger partial charge in [0.2, 0.25) is 0 Å². The predicted octanol–water partition coefficient (Wildman–Crippen LogP) is 6.31. The van der Waals surface area contributed by atoms with Crippen LogP contribution in [-0.4, -0.2) is 28.9 Å². The van der Waals surface area contributed by atoms with Crippen molar-refractivity contribution in [3.8, 4) is 11.3 Å². The van der Waals surface area contributed by atoms with Gasteiger partial charge in [-0.3, -0.25) is 4.79 Å². The average Bonchev–Trinajstić information content (AvgIpc) is 2.84. The van der Waals surface area contributed by atoms with Gasteiger partial charge in [-0.1, -0.05) is 72.3 Å². The summed E-state index contributed by atoms with van der Waals surface area (Å²) in [6, 6.07) is 29.0. The molecule has 0 radical (unpaired) electrons. The van der Waals surface area contributed by atoms with E-state index in [4.69, 9.17) is 4.98 Å². The third-order valence-electron chi connectivity index (χ3n) is 6.53. The number of aromatic nitrogens is 1. The number of carbonyl (C=O) groups is 1. The van der Waals surface area contributed by atoms with Gasteiger partial charge in [0.25, 0.3) is 5.91 Å². The number of hydrogen-bond acceptors (Lipinski definition) is 2. The van der Waals surface area contributed by atoms with Crippen molar-refractivity contribution in [3.63, 3.8) is 0 Å². The molecule has 4 aromatic rings. The van der Waals surface area contributed by atoms with Crippen molar-refractivity contribution in [2.24, 2.45) is 5.92 Å². The molecule has 0 saturated carbocycles. The van der Waals surface area contributed by atoms with E-state index in [0.29, 0.717) is 5.92 Å². The molecular weight excluding hydrogens is 392 g/mol. The van der Waals surface area contributed by atoms with Gasteiger partial charge in [-0.15, -0.1) is 0 Å². The Morgan fingerprint density at radius 1 is 0.906 bits per heavy atom. The second-order valence-electron chi connectivity index (χ2n) is 8.87. The van der Waals surface area contributed by atoms with Gasteiger partial charge in [0.15, 0.2) is 0 Å². The lowest BCUT2D eigenvalue weighted by atomic mass is 9.90. The highest BCUT2D eigenvalue weighted by molar-refractivity contribution is 6.07. The number of hydrogen-bond donors (Lipinski definition) is 0. The zero-order valence-corrected chi connectivity index (χ0v) is 18.5. The summed E-state index contributed by atoms with van der Waals surface area (Å²) in [6.07, 6.45) is 3.20. The standard InChI is InChI=1S/C29H28N2O/c1-21-8-7-11-24(18-21)28-20-26(25-12-5-6-13-27(25)30-28)29(32)31-16-14-23(15-17-31)19-22-9-3-2-4-10-22/h2-13,18,20,23H,14-17,19H2,1H3. The maximum Gasteiger partial charge on any atom is 0.254 e. The minimum absolute atomic E-state index is 0.121. The second-order valence-corrected chi connectivity index (χ2v) is 8.87. The van der Waals surface area contributed by atoms with Crippen LogP contribution in [-0.2, 0) is 6.42 Å². The Bertz CT molecular complexity index is 1240. The van der Waals surface area contributed by atoms with Gasteiger partial charge in [-0.25, -0.2) is 4.98 Å². The van der Waals surface area contributed by atoms with Crippen LogP contribution in [0.3, 0.4) is 0 Å². The molecule has 0 bridgehead atoms. The fourth-order valence-corrected chi connectivity index (χ4v) is 4.76. The molecule has 160 valence electrons. The maximum absolute atomic E-state index is 13.6. The lowest BCUT2D eigenvalue weighted by molar-refractivity contribution is 0.0692. The molecule has 1 aliphatic heterocycles. The molecular formula is C29H28N2O. The number of para-hydroxylation sites is 1. The average molecular weight is 421 g/mol. The van der Waals surface area contributed by atoms with E-state index in [-0.39, 0.29) is 5.91 Å². The van der Waals surface area contributed by atoms with Gasteiger partial charge in [0.1, 0.15) is 0 Å². The number of amides is 1. The van der Waals surface area contributed by atoms with Crippen molar-refractivity contribution in [2.45, 2.75) is 26.2 Å². The van der Waals surface area contributed by atoms with Crippen molar-refractivity contribution in [1.82, 2.24) is 9.88 Å². The van der Waals surface area contributed by atoms with Crippen LogP contribution in [0.15, 0.2) is 84.9 Å². The molecule has 1 aliphatic rings. The number of pyridine rings is 1. The van der Waals surface area contributed by atoms with Crippen molar-refractivity contribution < 1.29 is 4.79 Å². The zero-order chi connectivity index (χ0) is 21.9. The van der Waals surface area contributed by atoms with Crippen LogP contribution >= 0.6 is 0 Å². The monoisotopic (exact) mass is 420 g/mol. The highest BCUT2D eigenvalue weighted by atomic mass is 16.2. The van der Waals surface area contributed by atoms with Gasteiger partial charge < -0.3 is 4.90 Å². The lowest BCUT2D eigenvalue weighted by Crippen LogP contribution is -2.39. The van der Waals surface area contributed by atoms with E-state index in [0.717, 1.165) is 60.1 Å². The van der Waals surface area contributed by atoms with Crippen molar-refractivity contribution >= 4 is 16.8 Å². The molecule has 0 aliphatic carbocycles. The fraction of sp³-hybridized carbons (Fsp3) is 0.241. The molecule has 1 aromatic heterocycles. The number of nitrogens with zero attached hydrogens (tertiary/aromatic N) is 2. The highest BCUT2D eigenvalue weighted by Gasteiger charge is 2.25. The summed E-state index contributed by atoms with van der Waals surface area (Å²) in [5, 5.41) is 0.931. The minimum Gasteiger partial charge on any atom is -0.339 e. The molecule has 1 saturated heterocycles. The molecule has 1 fully saturated rings. The van der Waals surface area contributed by atoms with Gasteiger partial charge in [0.05, 0.1) is 16.8 Å². The predicted molar refractivity (Wildman–Crippen MR) is 131 cm³/mol. The summed E-state index contributed by atoms with van der Waals surface area (Å²) in [4.78, 5) is 20.5. The summed E-state index contributed by atoms with van der Waals surface area (Å²) < 4.78 is 0. The van der Waals surface area contributed by atoms with Crippen LogP contribution in [0.2, 0.25) is 0 Å². The van der Waals surface area contributed by atoms with Crippen LogP contribution < -0.4 is 0 Å². The topological polar surface area (TPSA) is 33.2 Å². The Morgan fingerprint density at radius 3 is 2.44 bits per heavy atom. The van der Waals surface area contributed by atoms with Crippen LogP contribution in [0, 0.1) is 12.8 Å². The van der Waals surface area contributed by atoms with E-state index in [1.807, 2.05) is 41.3 Å². The number of piperidine rings is 1. The summed E-state index contributed by atoms with van der Waals surface area (Å²) >= 11 is 0. The van der Waals surface area contributed by atoms with Crippen molar-refractivity contribution in [2.75, 3.05) is 13.1 Å². The number of fused-ring (bicyclic) bond motifs is 1. The Balaban J connectivity index is 1.40. The van der Waals surface area contributed by atoms with E-state index in [1.165, 1.54) is 11.1 Å². The van der Waals surface area contributed by atoms with E-state index >= 15 is 0 Å². The molecule has 0 N–H and O–H groups in total. The first-order valence-corrected chi connectivity index (χ1v) is 11.5. The molecule has 3 nitrogen and oxygen atoms in total. The number of aryl methyl sites for hydroxylation is 1. The molecule has 3 heteroatoms. The first-order chi connectivity index (χ1) is 15.7. The maximum atomic E-state index is 13.6. The zero-order valence-electron chi connectivity index (χ0n) is 18.5. The van der Waals surface area contributed by atoms with E-state index in [1.54, 1.807) is 0 Å². The van der Waals surface area contributed by atoms with E-state index < -0.39 is 0 Å². The first-order valence-electron chi connectivity index (χ1n) is 11.5. The third-order valence-corrected chi connectivity index (χ3v) is 6.53. The van der Waals surface area contributed by atoms with Gasteiger partial charge in [-0.2, -0.15) is 0 Å².